The first kappa shape index (κ1) is 15.8. The summed E-state index contributed by atoms with van der Waals surface area (Å²) in [5, 5.41) is 0.770. The second kappa shape index (κ2) is 7.41. The van der Waals surface area contributed by atoms with Gasteiger partial charge in [-0.15, -0.1) is 0 Å². The summed E-state index contributed by atoms with van der Waals surface area (Å²) in [6, 6.07) is 9.00. The maximum atomic E-state index is 6.39. The van der Waals surface area contributed by atoms with Crippen molar-refractivity contribution in [2.45, 2.75) is 44.3 Å². The Morgan fingerprint density at radius 2 is 1.90 bits per heavy atom. The molecule has 1 aromatic rings. The third kappa shape index (κ3) is 3.73. The Morgan fingerprint density at radius 3 is 2.45 bits per heavy atom. The van der Waals surface area contributed by atoms with E-state index in [1.807, 2.05) is 12.1 Å². The lowest BCUT2D eigenvalue weighted by molar-refractivity contribution is 0.0233. The Bertz CT molecular complexity index is 403. The minimum Gasteiger partial charge on any atom is -0.381 e. The number of rotatable bonds is 5. The van der Waals surface area contributed by atoms with Gasteiger partial charge in [-0.1, -0.05) is 30.7 Å². The van der Waals surface area contributed by atoms with Gasteiger partial charge in [0.25, 0.3) is 0 Å². The Labute approximate surface area is 127 Å². The predicted octanol–water partition coefficient (Wildman–Crippen LogP) is 3.23. The van der Waals surface area contributed by atoms with Crippen molar-refractivity contribution in [3.05, 3.63) is 34.9 Å². The molecule has 2 rings (SSSR count). The first-order valence-corrected chi connectivity index (χ1v) is 7.82. The van der Waals surface area contributed by atoms with Gasteiger partial charge in [-0.3, -0.25) is 4.90 Å². The van der Waals surface area contributed by atoms with E-state index in [0.717, 1.165) is 37.5 Å². The average Bonchev–Trinajstić information content (AvgIpc) is 2.50. The highest BCUT2D eigenvalue weighted by Crippen LogP contribution is 2.29. The van der Waals surface area contributed by atoms with Crippen LogP contribution in [0.3, 0.4) is 0 Å². The minimum atomic E-state index is 0.129. The van der Waals surface area contributed by atoms with Crippen LogP contribution in [-0.2, 0) is 4.74 Å². The molecule has 0 bridgehead atoms. The molecule has 0 aliphatic carbocycles. The third-order valence-electron chi connectivity index (χ3n) is 4.29. The molecule has 2 N–H and O–H groups in total. The number of nitrogens with zero attached hydrogens (tertiary/aromatic N) is 1. The molecule has 2 atom stereocenters. The lowest BCUT2D eigenvalue weighted by atomic mass is 9.94. The number of benzene rings is 1. The number of hydrogen-bond acceptors (Lipinski definition) is 3. The molecule has 0 radical (unpaired) electrons. The van der Waals surface area contributed by atoms with Crippen molar-refractivity contribution in [2.24, 2.45) is 5.73 Å². The molecule has 0 amide bonds. The van der Waals surface area contributed by atoms with Crippen LogP contribution < -0.4 is 5.73 Å². The molecule has 1 aromatic carbocycles. The molecule has 2 unspecified atom stereocenters. The van der Waals surface area contributed by atoms with Gasteiger partial charge in [-0.25, -0.2) is 0 Å². The van der Waals surface area contributed by atoms with Crippen molar-refractivity contribution in [1.82, 2.24) is 4.90 Å². The Kier molecular flexibility index (Phi) is 5.85. The molecule has 20 heavy (non-hydrogen) atoms. The lowest BCUT2D eigenvalue weighted by Crippen LogP contribution is -2.45. The van der Waals surface area contributed by atoms with Crippen molar-refractivity contribution in [2.75, 3.05) is 20.3 Å². The monoisotopic (exact) mass is 296 g/mol. The second-order valence-electron chi connectivity index (χ2n) is 5.58. The number of hydrogen-bond donors (Lipinski definition) is 1. The fourth-order valence-corrected chi connectivity index (χ4v) is 3.11. The van der Waals surface area contributed by atoms with Gasteiger partial charge in [0.15, 0.2) is 0 Å². The highest BCUT2D eigenvalue weighted by Gasteiger charge is 2.29. The maximum absolute atomic E-state index is 6.39. The van der Waals surface area contributed by atoms with E-state index < -0.39 is 0 Å². The molecular formula is C16H25ClN2O. The summed E-state index contributed by atoms with van der Waals surface area (Å²) in [4.78, 5) is 2.43. The molecule has 1 heterocycles. The summed E-state index contributed by atoms with van der Waals surface area (Å²) in [6.07, 6.45) is 3.12. The van der Waals surface area contributed by atoms with Crippen molar-refractivity contribution in [1.29, 1.82) is 0 Å². The van der Waals surface area contributed by atoms with Crippen LogP contribution in [-0.4, -0.2) is 37.2 Å². The van der Waals surface area contributed by atoms with Gasteiger partial charge in [0, 0.05) is 36.4 Å². The number of likely N-dealkylation sites (N-methyl/N-ethyl adjacent to an activating group) is 1. The molecule has 0 aromatic heterocycles. The van der Waals surface area contributed by atoms with Crippen LogP contribution in [0.5, 0.6) is 0 Å². The van der Waals surface area contributed by atoms with Crippen molar-refractivity contribution < 1.29 is 4.74 Å². The van der Waals surface area contributed by atoms with E-state index in [0.29, 0.717) is 6.04 Å². The van der Waals surface area contributed by atoms with Crippen molar-refractivity contribution >= 4 is 11.6 Å². The van der Waals surface area contributed by atoms with E-state index in [9.17, 15) is 0 Å². The van der Waals surface area contributed by atoms with E-state index in [1.54, 1.807) is 0 Å². The van der Waals surface area contributed by atoms with E-state index in [4.69, 9.17) is 22.1 Å². The summed E-state index contributed by atoms with van der Waals surface area (Å²) in [6.45, 7) is 3.85. The van der Waals surface area contributed by atoms with Crippen LogP contribution >= 0.6 is 11.6 Å². The van der Waals surface area contributed by atoms with Gasteiger partial charge in [0.2, 0.25) is 0 Å². The Balaban J connectivity index is 2.19. The molecule has 0 saturated carbocycles. The van der Waals surface area contributed by atoms with Gasteiger partial charge >= 0.3 is 0 Å². The number of nitrogens with two attached hydrogens (primary N) is 1. The quantitative estimate of drug-likeness (QED) is 0.906. The van der Waals surface area contributed by atoms with Crippen LogP contribution in [0.4, 0.5) is 0 Å². The van der Waals surface area contributed by atoms with Gasteiger partial charge < -0.3 is 10.5 Å². The van der Waals surface area contributed by atoms with E-state index in [-0.39, 0.29) is 12.1 Å². The first-order chi connectivity index (χ1) is 9.63. The molecule has 1 saturated heterocycles. The van der Waals surface area contributed by atoms with E-state index in [2.05, 4.69) is 31.0 Å². The van der Waals surface area contributed by atoms with Crippen molar-refractivity contribution in [3.63, 3.8) is 0 Å². The molecule has 1 aliphatic heterocycles. The number of ether oxygens (including phenoxy) is 1. The van der Waals surface area contributed by atoms with Crippen LogP contribution in [0.1, 0.15) is 37.8 Å². The lowest BCUT2D eigenvalue weighted by Gasteiger charge is -2.40. The zero-order valence-electron chi connectivity index (χ0n) is 12.4. The maximum Gasteiger partial charge on any atom is 0.0499 e. The van der Waals surface area contributed by atoms with Gasteiger partial charge in [0.05, 0.1) is 0 Å². The molecule has 1 aliphatic rings. The fourth-order valence-electron chi connectivity index (χ4n) is 2.99. The SMILES string of the molecule is CCC(N)C(c1ccc(Cl)cc1)N(C)C1CCOCC1. The average molecular weight is 297 g/mol. The summed E-state index contributed by atoms with van der Waals surface area (Å²) in [7, 11) is 2.19. The largest absolute Gasteiger partial charge is 0.381 e. The van der Waals surface area contributed by atoms with Gasteiger partial charge in [-0.2, -0.15) is 0 Å². The van der Waals surface area contributed by atoms with E-state index in [1.165, 1.54) is 5.56 Å². The van der Waals surface area contributed by atoms with Crippen LogP contribution in [0.15, 0.2) is 24.3 Å². The minimum absolute atomic E-state index is 0.129. The summed E-state index contributed by atoms with van der Waals surface area (Å²) in [5.41, 5.74) is 7.64. The van der Waals surface area contributed by atoms with Crippen LogP contribution in [0.25, 0.3) is 0 Å². The summed E-state index contributed by atoms with van der Waals surface area (Å²) < 4.78 is 5.46. The highest BCUT2D eigenvalue weighted by molar-refractivity contribution is 6.30. The molecule has 112 valence electrons. The normalized spacial score (nSPS) is 20.1. The topological polar surface area (TPSA) is 38.5 Å². The predicted molar refractivity (Wildman–Crippen MR) is 84.1 cm³/mol. The van der Waals surface area contributed by atoms with Crippen molar-refractivity contribution in [3.8, 4) is 0 Å². The summed E-state index contributed by atoms with van der Waals surface area (Å²) >= 11 is 6.00. The first-order valence-electron chi connectivity index (χ1n) is 7.44. The zero-order chi connectivity index (χ0) is 14.5. The highest BCUT2D eigenvalue weighted by atomic mass is 35.5. The van der Waals surface area contributed by atoms with Gasteiger partial charge in [0.1, 0.15) is 0 Å². The third-order valence-corrected chi connectivity index (χ3v) is 4.55. The molecule has 3 nitrogen and oxygen atoms in total. The van der Waals surface area contributed by atoms with Gasteiger partial charge in [-0.05, 0) is 44.0 Å². The summed E-state index contributed by atoms with van der Waals surface area (Å²) in [5.74, 6) is 0. The molecule has 0 spiro atoms. The Hall–Kier alpha value is -0.610. The standard InChI is InChI=1S/C16H25ClN2O/c1-3-15(18)16(12-4-6-13(17)7-5-12)19(2)14-8-10-20-11-9-14/h4-7,14-16H,3,8-11,18H2,1-2H3. The molecule has 4 heteroatoms. The molecule has 1 fully saturated rings. The fraction of sp³-hybridized carbons (Fsp3) is 0.625. The Morgan fingerprint density at radius 1 is 1.30 bits per heavy atom. The molecular weight excluding hydrogens is 272 g/mol. The number of halogens is 1. The smallest absolute Gasteiger partial charge is 0.0499 e. The zero-order valence-corrected chi connectivity index (χ0v) is 13.1. The second-order valence-corrected chi connectivity index (χ2v) is 6.01. The van der Waals surface area contributed by atoms with E-state index >= 15 is 0 Å². The van der Waals surface area contributed by atoms with Crippen LogP contribution in [0.2, 0.25) is 5.02 Å². The van der Waals surface area contributed by atoms with Crippen LogP contribution in [0, 0.1) is 0 Å².